The van der Waals surface area contributed by atoms with Gasteiger partial charge in [-0.3, -0.25) is 4.79 Å². The first-order valence-electron chi connectivity index (χ1n) is 10.1. The fraction of sp³-hybridized carbons (Fsp3) is 0.240. The number of piperazine rings is 1. The average Bonchev–Trinajstić information content (AvgIpc) is 2.79. The van der Waals surface area contributed by atoms with Crippen LogP contribution in [0.5, 0.6) is 5.75 Å². The molecular weight excluding hydrogens is 360 g/mol. The van der Waals surface area contributed by atoms with Gasteiger partial charge in [-0.1, -0.05) is 72.8 Å². The predicted molar refractivity (Wildman–Crippen MR) is 115 cm³/mol. The Morgan fingerprint density at radius 3 is 2.31 bits per heavy atom. The molecule has 1 atom stereocenters. The van der Waals surface area contributed by atoms with Crippen molar-refractivity contribution < 1.29 is 9.53 Å². The van der Waals surface area contributed by atoms with Crippen LogP contribution in [0.2, 0.25) is 0 Å². The molecule has 0 aromatic heterocycles. The summed E-state index contributed by atoms with van der Waals surface area (Å²) in [5.41, 5.74) is 2.95. The fourth-order valence-corrected chi connectivity index (χ4v) is 3.76. The van der Waals surface area contributed by atoms with E-state index < -0.39 is 0 Å². The molecule has 0 saturated carbocycles. The molecule has 1 amide bonds. The van der Waals surface area contributed by atoms with Crippen LogP contribution >= 0.6 is 0 Å². The third-order valence-corrected chi connectivity index (χ3v) is 5.28. The Labute approximate surface area is 172 Å². The number of benzene rings is 3. The maximum atomic E-state index is 13.5. The molecule has 1 heterocycles. The number of ether oxygens (including phenoxy) is 1. The summed E-state index contributed by atoms with van der Waals surface area (Å²) in [6, 6.07) is 28.0. The number of carbonyl (C=O) groups excluding carboxylic acids is 1. The topological polar surface area (TPSA) is 41.6 Å². The average molecular weight is 386 g/mol. The van der Waals surface area contributed by atoms with Gasteiger partial charge in [0.25, 0.3) is 5.91 Å². The zero-order chi connectivity index (χ0) is 19.9. The molecule has 29 heavy (non-hydrogen) atoms. The van der Waals surface area contributed by atoms with E-state index in [1.54, 1.807) is 0 Å². The number of hydrogen-bond acceptors (Lipinski definition) is 3. The molecule has 148 valence electrons. The Hall–Kier alpha value is -3.11. The van der Waals surface area contributed by atoms with Crippen molar-refractivity contribution in [3.63, 3.8) is 0 Å². The largest absolute Gasteiger partial charge is 0.488 e. The molecule has 1 saturated heterocycles. The lowest BCUT2D eigenvalue weighted by molar-refractivity contribution is 0.0631. The van der Waals surface area contributed by atoms with Gasteiger partial charge in [0.2, 0.25) is 0 Å². The van der Waals surface area contributed by atoms with E-state index >= 15 is 0 Å². The second-order valence-electron chi connectivity index (χ2n) is 7.32. The minimum absolute atomic E-state index is 0.0380. The molecule has 3 aromatic carbocycles. The summed E-state index contributed by atoms with van der Waals surface area (Å²) >= 11 is 0. The second-order valence-corrected chi connectivity index (χ2v) is 7.32. The van der Waals surface area contributed by atoms with Crippen LogP contribution in [0.25, 0.3) is 0 Å². The molecule has 1 fully saturated rings. The van der Waals surface area contributed by atoms with Crippen LogP contribution in [0.4, 0.5) is 0 Å². The molecule has 0 bridgehead atoms. The van der Waals surface area contributed by atoms with Crippen molar-refractivity contribution in [2.75, 3.05) is 19.6 Å². The first kappa shape index (κ1) is 19.2. The maximum absolute atomic E-state index is 13.5. The Morgan fingerprint density at radius 2 is 1.55 bits per heavy atom. The molecular formula is C25H26N2O2. The zero-order valence-corrected chi connectivity index (χ0v) is 16.5. The highest BCUT2D eigenvalue weighted by atomic mass is 16.5. The van der Waals surface area contributed by atoms with Crippen molar-refractivity contribution in [3.05, 3.63) is 102 Å². The Morgan fingerprint density at radius 1 is 0.897 bits per heavy atom. The summed E-state index contributed by atoms with van der Waals surface area (Å²) in [5.74, 6) is 0.675. The van der Waals surface area contributed by atoms with Gasteiger partial charge in [0.1, 0.15) is 12.4 Å². The van der Waals surface area contributed by atoms with Crippen molar-refractivity contribution in [1.82, 2.24) is 10.2 Å². The normalized spacial score (nSPS) is 16.4. The van der Waals surface area contributed by atoms with Crippen LogP contribution < -0.4 is 10.1 Å². The highest BCUT2D eigenvalue weighted by Crippen LogP contribution is 2.23. The zero-order valence-electron chi connectivity index (χ0n) is 16.5. The second kappa shape index (κ2) is 9.39. The van der Waals surface area contributed by atoms with Gasteiger partial charge in [-0.2, -0.15) is 0 Å². The van der Waals surface area contributed by atoms with E-state index in [0.29, 0.717) is 24.5 Å². The number of hydrogen-bond donors (Lipinski definition) is 1. The summed E-state index contributed by atoms with van der Waals surface area (Å²) in [7, 11) is 0. The first-order chi connectivity index (χ1) is 14.3. The Kier molecular flexibility index (Phi) is 6.22. The lowest BCUT2D eigenvalue weighted by atomic mass is 10.0. The van der Waals surface area contributed by atoms with Crippen LogP contribution in [0.1, 0.15) is 21.5 Å². The molecule has 4 rings (SSSR count). The molecule has 0 unspecified atom stereocenters. The summed E-state index contributed by atoms with van der Waals surface area (Å²) in [6.07, 6.45) is 0.840. The maximum Gasteiger partial charge on any atom is 0.257 e. The molecule has 4 heteroatoms. The van der Waals surface area contributed by atoms with Gasteiger partial charge >= 0.3 is 0 Å². The summed E-state index contributed by atoms with van der Waals surface area (Å²) in [4.78, 5) is 15.4. The number of carbonyl (C=O) groups is 1. The lowest BCUT2D eigenvalue weighted by Gasteiger charge is -2.36. The van der Waals surface area contributed by atoms with Crippen LogP contribution in [0.15, 0.2) is 84.9 Å². The van der Waals surface area contributed by atoms with Crippen molar-refractivity contribution in [2.45, 2.75) is 19.1 Å². The SMILES string of the molecule is O=C(c1ccccc1OCc1ccccc1)N1CCNC[C@H]1Cc1ccccc1. The molecule has 0 aliphatic carbocycles. The van der Waals surface area contributed by atoms with Gasteiger partial charge in [0.05, 0.1) is 5.56 Å². The van der Waals surface area contributed by atoms with Crippen LogP contribution in [0, 0.1) is 0 Å². The van der Waals surface area contributed by atoms with E-state index in [1.165, 1.54) is 5.56 Å². The number of nitrogens with zero attached hydrogens (tertiary/aromatic N) is 1. The van der Waals surface area contributed by atoms with E-state index in [2.05, 4.69) is 17.4 Å². The molecule has 1 aliphatic rings. The predicted octanol–water partition coefficient (Wildman–Crippen LogP) is 3.92. The minimum Gasteiger partial charge on any atom is -0.488 e. The molecule has 4 nitrogen and oxygen atoms in total. The van der Waals surface area contributed by atoms with E-state index in [9.17, 15) is 4.79 Å². The van der Waals surface area contributed by atoms with Gasteiger partial charge in [-0.05, 0) is 29.7 Å². The Bertz CT molecular complexity index is 928. The van der Waals surface area contributed by atoms with Crippen LogP contribution in [-0.2, 0) is 13.0 Å². The number of amides is 1. The number of rotatable bonds is 6. The van der Waals surface area contributed by atoms with Gasteiger partial charge in [-0.25, -0.2) is 0 Å². The first-order valence-corrected chi connectivity index (χ1v) is 10.1. The van der Waals surface area contributed by atoms with E-state index in [-0.39, 0.29) is 11.9 Å². The van der Waals surface area contributed by atoms with Crippen LogP contribution in [0.3, 0.4) is 0 Å². The van der Waals surface area contributed by atoms with Crippen molar-refractivity contribution >= 4 is 5.91 Å². The van der Waals surface area contributed by atoms with Gasteiger partial charge in [-0.15, -0.1) is 0 Å². The smallest absolute Gasteiger partial charge is 0.257 e. The standard InChI is InChI=1S/C25H26N2O2/c28-25(27-16-15-26-18-22(27)17-20-9-3-1-4-10-20)23-13-7-8-14-24(23)29-19-21-11-5-2-6-12-21/h1-14,22,26H,15-19H2/t22-/m1/s1. The number of para-hydroxylation sites is 1. The third-order valence-electron chi connectivity index (χ3n) is 5.28. The summed E-state index contributed by atoms with van der Waals surface area (Å²) in [6.45, 7) is 2.75. The molecule has 0 spiro atoms. The minimum atomic E-state index is 0.0380. The van der Waals surface area contributed by atoms with E-state index in [0.717, 1.165) is 25.1 Å². The summed E-state index contributed by atoms with van der Waals surface area (Å²) < 4.78 is 6.03. The van der Waals surface area contributed by atoms with Gasteiger partial charge < -0.3 is 15.0 Å². The number of nitrogens with one attached hydrogen (secondary N) is 1. The van der Waals surface area contributed by atoms with Gasteiger partial charge in [0, 0.05) is 25.7 Å². The van der Waals surface area contributed by atoms with Crippen LogP contribution in [-0.4, -0.2) is 36.5 Å². The quantitative estimate of drug-likeness (QED) is 0.698. The molecule has 0 radical (unpaired) electrons. The highest BCUT2D eigenvalue weighted by molar-refractivity contribution is 5.97. The highest BCUT2D eigenvalue weighted by Gasteiger charge is 2.29. The van der Waals surface area contributed by atoms with E-state index in [4.69, 9.17) is 4.74 Å². The molecule has 1 aliphatic heterocycles. The summed E-state index contributed by atoms with van der Waals surface area (Å²) in [5, 5.41) is 3.43. The van der Waals surface area contributed by atoms with Crippen molar-refractivity contribution in [2.24, 2.45) is 0 Å². The van der Waals surface area contributed by atoms with Crippen molar-refractivity contribution in [1.29, 1.82) is 0 Å². The van der Waals surface area contributed by atoms with E-state index in [1.807, 2.05) is 77.7 Å². The fourth-order valence-electron chi connectivity index (χ4n) is 3.76. The Balaban J connectivity index is 1.51. The molecule has 1 N–H and O–H groups in total. The van der Waals surface area contributed by atoms with Gasteiger partial charge in [0.15, 0.2) is 0 Å². The molecule has 3 aromatic rings. The third kappa shape index (κ3) is 4.84. The van der Waals surface area contributed by atoms with Crippen molar-refractivity contribution in [3.8, 4) is 5.75 Å². The lowest BCUT2D eigenvalue weighted by Crippen LogP contribution is -2.54. The monoisotopic (exact) mass is 386 g/mol.